The Hall–Kier alpha value is -1.53. The Bertz CT molecular complexity index is 459. The normalized spacial score (nSPS) is 15.9. The minimum Gasteiger partial charge on any atom is -0.452 e. The van der Waals surface area contributed by atoms with E-state index in [1.807, 2.05) is 34.6 Å². The standard InChI is InChI=1S/C14H18N2O3S/c1-12(17)15-7-9-16(10-8-15)20-14(18)19-11-13-5-3-2-4-6-13/h2-6H,7-11H2,1H3. The molecule has 0 spiro atoms. The van der Waals surface area contributed by atoms with Crippen molar-refractivity contribution in [1.29, 1.82) is 0 Å². The van der Waals surface area contributed by atoms with Gasteiger partial charge in [0.15, 0.2) is 0 Å². The monoisotopic (exact) mass is 294 g/mol. The molecule has 1 aliphatic heterocycles. The number of carbonyl (C=O) groups is 2. The van der Waals surface area contributed by atoms with Gasteiger partial charge in [0.25, 0.3) is 0 Å². The molecule has 0 saturated carbocycles. The van der Waals surface area contributed by atoms with Crippen LogP contribution in [0.3, 0.4) is 0 Å². The number of ether oxygens (including phenoxy) is 1. The van der Waals surface area contributed by atoms with Crippen molar-refractivity contribution >= 4 is 23.2 Å². The highest BCUT2D eigenvalue weighted by Crippen LogP contribution is 2.17. The first-order chi connectivity index (χ1) is 9.65. The molecule has 5 nitrogen and oxygen atoms in total. The number of nitrogens with zero attached hydrogens (tertiary/aromatic N) is 2. The van der Waals surface area contributed by atoms with Crippen LogP contribution in [0, 0.1) is 0 Å². The van der Waals surface area contributed by atoms with Crippen molar-refractivity contribution in [2.45, 2.75) is 13.5 Å². The first kappa shape index (κ1) is 14.9. The van der Waals surface area contributed by atoms with E-state index in [0.29, 0.717) is 32.8 Å². The van der Waals surface area contributed by atoms with E-state index in [-0.39, 0.29) is 11.2 Å². The summed E-state index contributed by atoms with van der Waals surface area (Å²) in [6, 6.07) is 9.59. The Balaban J connectivity index is 1.69. The lowest BCUT2D eigenvalue weighted by Crippen LogP contribution is -2.45. The number of piperazine rings is 1. The first-order valence-electron chi connectivity index (χ1n) is 6.54. The maximum atomic E-state index is 11.7. The Morgan fingerprint density at radius 1 is 1.15 bits per heavy atom. The van der Waals surface area contributed by atoms with Gasteiger partial charge in [0, 0.05) is 45.1 Å². The van der Waals surface area contributed by atoms with Gasteiger partial charge in [-0.2, -0.15) is 0 Å². The van der Waals surface area contributed by atoms with Crippen LogP contribution < -0.4 is 0 Å². The Labute approximate surface area is 123 Å². The molecule has 1 heterocycles. The topological polar surface area (TPSA) is 49.9 Å². The summed E-state index contributed by atoms with van der Waals surface area (Å²) in [5.41, 5.74) is 0.975. The molecule has 1 aromatic rings. The van der Waals surface area contributed by atoms with Crippen molar-refractivity contribution in [3.05, 3.63) is 35.9 Å². The van der Waals surface area contributed by atoms with Crippen LogP contribution in [0.4, 0.5) is 4.79 Å². The van der Waals surface area contributed by atoms with Crippen molar-refractivity contribution in [1.82, 2.24) is 9.21 Å². The van der Waals surface area contributed by atoms with Crippen molar-refractivity contribution < 1.29 is 14.3 Å². The summed E-state index contributed by atoms with van der Waals surface area (Å²) in [7, 11) is 0. The van der Waals surface area contributed by atoms with Crippen LogP contribution in [0.15, 0.2) is 30.3 Å². The summed E-state index contributed by atoms with van der Waals surface area (Å²) in [6.07, 6.45) is 0. The third-order valence-corrected chi connectivity index (χ3v) is 3.98. The molecule has 0 aromatic heterocycles. The van der Waals surface area contributed by atoms with Crippen LogP contribution in [-0.4, -0.2) is 46.6 Å². The lowest BCUT2D eigenvalue weighted by molar-refractivity contribution is -0.129. The van der Waals surface area contributed by atoms with E-state index in [2.05, 4.69) is 0 Å². The van der Waals surface area contributed by atoms with Gasteiger partial charge in [-0.3, -0.25) is 4.79 Å². The van der Waals surface area contributed by atoms with Gasteiger partial charge in [0.05, 0.1) is 0 Å². The lowest BCUT2D eigenvalue weighted by atomic mass is 10.2. The van der Waals surface area contributed by atoms with E-state index >= 15 is 0 Å². The quantitative estimate of drug-likeness (QED) is 0.631. The Morgan fingerprint density at radius 3 is 2.40 bits per heavy atom. The van der Waals surface area contributed by atoms with Gasteiger partial charge in [-0.15, -0.1) is 0 Å². The molecule has 0 unspecified atom stereocenters. The fraction of sp³-hybridized carbons (Fsp3) is 0.429. The second-order valence-electron chi connectivity index (χ2n) is 4.55. The van der Waals surface area contributed by atoms with Crippen molar-refractivity contribution in [3.8, 4) is 0 Å². The highest BCUT2D eigenvalue weighted by molar-refractivity contribution is 8.11. The SMILES string of the molecule is CC(=O)N1CCN(SC(=O)OCc2ccccc2)CC1. The number of amides is 1. The summed E-state index contributed by atoms with van der Waals surface area (Å²) in [5, 5.41) is -0.301. The zero-order chi connectivity index (χ0) is 14.4. The van der Waals surface area contributed by atoms with Crippen LogP contribution >= 0.6 is 11.9 Å². The molecule has 1 amide bonds. The third kappa shape index (κ3) is 4.54. The second kappa shape index (κ2) is 7.31. The predicted octanol–water partition coefficient (Wildman–Crippen LogP) is 2.14. The average Bonchev–Trinajstić information content (AvgIpc) is 2.47. The molecule has 1 fully saturated rings. The number of hydrogen-bond acceptors (Lipinski definition) is 5. The molecule has 1 aliphatic rings. The number of rotatable bonds is 3. The first-order valence-corrected chi connectivity index (χ1v) is 7.31. The van der Waals surface area contributed by atoms with E-state index in [1.165, 1.54) is 0 Å². The van der Waals surface area contributed by atoms with Gasteiger partial charge in [-0.25, -0.2) is 9.10 Å². The Kier molecular flexibility index (Phi) is 5.43. The van der Waals surface area contributed by atoms with Gasteiger partial charge in [0.2, 0.25) is 5.91 Å². The minimum absolute atomic E-state index is 0.0845. The zero-order valence-corrected chi connectivity index (χ0v) is 12.3. The highest BCUT2D eigenvalue weighted by Gasteiger charge is 2.21. The fourth-order valence-corrected chi connectivity index (χ4v) is 2.61. The lowest BCUT2D eigenvalue weighted by Gasteiger charge is -2.32. The molecule has 1 saturated heterocycles. The van der Waals surface area contributed by atoms with E-state index in [4.69, 9.17) is 4.74 Å². The maximum absolute atomic E-state index is 11.7. The smallest absolute Gasteiger partial charge is 0.383 e. The molecule has 0 radical (unpaired) electrons. The summed E-state index contributed by atoms with van der Waals surface area (Å²) >= 11 is 1.09. The van der Waals surface area contributed by atoms with Crippen molar-refractivity contribution in [2.75, 3.05) is 26.2 Å². The summed E-state index contributed by atoms with van der Waals surface area (Å²) in [4.78, 5) is 24.7. The molecule has 2 rings (SSSR count). The van der Waals surface area contributed by atoms with E-state index in [1.54, 1.807) is 11.8 Å². The molecule has 6 heteroatoms. The average molecular weight is 294 g/mol. The molecule has 0 atom stereocenters. The van der Waals surface area contributed by atoms with Crippen molar-refractivity contribution in [2.24, 2.45) is 0 Å². The number of carbonyl (C=O) groups excluding carboxylic acids is 2. The van der Waals surface area contributed by atoms with Gasteiger partial charge < -0.3 is 9.64 Å². The van der Waals surface area contributed by atoms with Gasteiger partial charge >= 0.3 is 5.30 Å². The molecule has 0 bridgehead atoms. The summed E-state index contributed by atoms with van der Waals surface area (Å²) < 4.78 is 7.14. The van der Waals surface area contributed by atoms with E-state index < -0.39 is 0 Å². The predicted molar refractivity (Wildman–Crippen MR) is 78.0 cm³/mol. The highest BCUT2D eigenvalue weighted by atomic mass is 32.2. The van der Waals surface area contributed by atoms with Gasteiger partial charge in [0.1, 0.15) is 6.61 Å². The molecule has 0 N–H and O–H groups in total. The van der Waals surface area contributed by atoms with Crippen LogP contribution in [0.1, 0.15) is 12.5 Å². The zero-order valence-electron chi connectivity index (χ0n) is 11.4. The van der Waals surface area contributed by atoms with Crippen LogP contribution in [-0.2, 0) is 16.1 Å². The minimum atomic E-state index is -0.301. The molecule has 108 valence electrons. The maximum Gasteiger partial charge on any atom is 0.383 e. The van der Waals surface area contributed by atoms with Crippen molar-refractivity contribution in [3.63, 3.8) is 0 Å². The molecule has 20 heavy (non-hydrogen) atoms. The van der Waals surface area contributed by atoms with Gasteiger partial charge in [-0.1, -0.05) is 30.3 Å². The number of benzene rings is 1. The number of hydrogen-bond donors (Lipinski definition) is 0. The molecule has 0 aliphatic carbocycles. The van der Waals surface area contributed by atoms with E-state index in [9.17, 15) is 9.59 Å². The van der Waals surface area contributed by atoms with Crippen LogP contribution in [0.2, 0.25) is 0 Å². The molecule has 1 aromatic carbocycles. The second-order valence-corrected chi connectivity index (χ2v) is 5.58. The summed E-state index contributed by atoms with van der Waals surface area (Å²) in [6.45, 7) is 4.55. The third-order valence-electron chi connectivity index (χ3n) is 3.09. The Morgan fingerprint density at radius 2 is 1.80 bits per heavy atom. The van der Waals surface area contributed by atoms with Gasteiger partial charge in [-0.05, 0) is 5.56 Å². The summed E-state index contributed by atoms with van der Waals surface area (Å²) in [5.74, 6) is 0.0845. The van der Waals surface area contributed by atoms with E-state index in [0.717, 1.165) is 17.5 Å². The van der Waals surface area contributed by atoms with Crippen LogP contribution in [0.25, 0.3) is 0 Å². The van der Waals surface area contributed by atoms with Crippen LogP contribution in [0.5, 0.6) is 0 Å². The fourth-order valence-electron chi connectivity index (χ4n) is 1.94. The molecular weight excluding hydrogens is 276 g/mol. The largest absolute Gasteiger partial charge is 0.452 e. The molecular formula is C14H18N2O3S.